The lowest BCUT2D eigenvalue weighted by atomic mass is 10.0. The number of aryl methyl sites for hydroxylation is 1. The molecule has 0 saturated heterocycles. The van der Waals surface area contributed by atoms with Crippen molar-refractivity contribution in [1.82, 2.24) is 0 Å². The van der Waals surface area contributed by atoms with E-state index in [-0.39, 0.29) is 12.1 Å². The van der Waals surface area contributed by atoms with Gasteiger partial charge in [-0.15, -0.1) is 0 Å². The molecule has 0 spiro atoms. The molecule has 2 unspecified atom stereocenters. The number of rotatable bonds is 7. The first-order chi connectivity index (χ1) is 10.2. The Morgan fingerprint density at radius 3 is 2.43 bits per heavy atom. The highest BCUT2D eigenvalue weighted by molar-refractivity contribution is 5.25. The van der Waals surface area contributed by atoms with Gasteiger partial charge >= 0.3 is 0 Å². The van der Waals surface area contributed by atoms with Crippen LogP contribution in [0.1, 0.15) is 24.2 Å². The number of nitrogens with two attached hydrogens (primary N) is 1. The fourth-order valence-corrected chi connectivity index (χ4v) is 2.25. The van der Waals surface area contributed by atoms with Crippen molar-refractivity contribution in [2.75, 3.05) is 13.2 Å². The van der Waals surface area contributed by atoms with Gasteiger partial charge in [-0.05, 0) is 31.5 Å². The quantitative estimate of drug-likeness (QED) is 0.792. The zero-order valence-corrected chi connectivity index (χ0v) is 12.7. The van der Waals surface area contributed by atoms with Crippen LogP contribution in [0.2, 0.25) is 0 Å². The van der Waals surface area contributed by atoms with Crippen molar-refractivity contribution < 1.29 is 9.47 Å². The van der Waals surface area contributed by atoms with E-state index >= 15 is 0 Å². The molecular formula is C18H23NO2. The van der Waals surface area contributed by atoms with Crippen LogP contribution in [0.25, 0.3) is 0 Å². The van der Waals surface area contributed by atoms with Crippen LogP contribution in [0.4, 0.5) is 0 Å². The van der Waals surface area contributed by atoms with E-state index in [9.17, 15) is 0 Å². The Hall–Kier alpha value is -1.84. The second-order valence-electron chi connectivity index (χ2n) is 5.23. The highest BCUT2D eigenvalue weighted by Crippen LogP contribution is 2.21. The lowest BCUT2D eigenvalue weighted by Gasteiger charge is -2.22. The third kappa shape index (κ3) is 4.88. The number of benzene rings is 2. The first kappa shape index (κ1) is 15.5. The van der Waals surface area contributed by atoms with Crippen molar-refractivity contribution in [2.24, 2.45) is 5.73 Å². The van der Waals surface area contributed by atoms with E-state index in [2.05, 4.69) is 25.1 Å². The second-order valence-corrected chi connectivity index (χ2v) is 5.23. The van der Waals surface area contributed by atoms with Crippen LogP contribution in [0.5, 0.6) is 5.75 Å². The maximum absolute atomic E-state index is 6.05. The van der Waals surface area contributed by atoms with Gasteiger partial charge in [0.05, 0.1) is 12.7 Å². The smallest absolute Gasteiger partial charge is 0.119 e. The molecule has 0 aliphatic rings. The minimum absolute atomic E-state index is 0.0662. The SMILES string of the molecule is Cc1cccc(C(OCCOc2ccccc2)C(C)N)c1. The van der Waals surface area contributed by atoms with Crippen LogP contribution in [0, 0.1) is 6.92 Å². The van der Waals surface area contributed by atoms with Gasteiger partial charge in [0.1, 0.15) is 12.4 Å². The number of hydrogen-bond acceptors (Lipinski definition) is 3. The van der Waals surface area contributed by atoms with Gasteiger partial charge in [0.25, 0.3) is 0 Å². The highest BCUT2D eigenvalue weighted by Gasteiger charge is 2.16. The topological polar surface area (TPSA) is 44.5 Å². The summed E-state index contributed by atoms with van der Waals surface area (Å²) in [6.07, 6.45) is -0.107. The van der Waals surface area contributed by atoms with Crippen LogP contribution >= 0.6 is 0 Å². The number of para-hydroxylation sites is 1. The Morgan fingerprint density at radius 2 is 1.76 bits per heavy atom. The summed E-state index contributed by atoms with van der Waals surface area (Å²) in [5, 5.41) is 0. The van der Waals surface area contributed by atoms with E-state index in [1.807, 2.05) is 43.3 Å². The molecule has 2 atom stereocenters. The van der Waals surface area contributed by atoms with Crippen molar-refractivity contribution in [1.29, 1.82) is 0 Å². The molecule has 2 N–H and O–H groups in total. The molecule has 2 aromatic carbocycles. The van der Waals surface area contributed by atoms with Crippen molar-refractivity contribution >= 4 is 0 Å². The summed E-state index contributed by atoms with van der Waals surface area (Å²) in [4.78, 5) is 0. The third-order valence-electron chi connectivity index (χ3n) is 3.24. The summed E-state index contributed by atoms with van der Waals surface area (Å²) < 4.78 is 11.5. The lowest BCUT2D eigenvalue weighted by molar-refractivity contribution is 0.0208. The van der Waals surface area contributed by atoms with Crippen LogP contribution in [-0.2, 0) is 4.74 Å². The molecule has 21 heavy (non-hydrogen) atoms. The predicted octanol–water partition coefficient (Wildman–Crippen LogP) is 3.48. The van der Waals surface area contributed by atoms with E-state index in [4.69, 9.17) is 15.2 Å². The third-order valence-corrected chi connectivity index (χ3v) is 3.24. The lowest BCUT2D eigenvalue weighted by Crippen LogP contribution is -2.28. The predicted molar refractivity (Wildman–Crippen MR) is 85.5 cm³/mol. The molecule has 0 saturated carbocycles. The molecule has 0 radical (unpaired) electrons. The van der Waals surface area contributed by atoms with Crippen LogP contribution in [0.3, 0.4) is 0 Å². The van der Waals surface area contributed by atoms with Crippen molar-refractivity contribution in [2.45, 2.75) is 26.0 Å². The second kappa shape index (κ2) is 7.81. The highest BCUT2D eigenvalue weighted by atomic mass is 16.5. The van der Waals surface area contributed by atoms with Gasteiger partial charge in [-0.1, -0.05) is 48.0 Å². The zero-order valence-electron chi connectivity index (χ0n) is 12.7. The summed E-state index contributed by atoms with van der Waals surface area (Å²) in [6.45, 7) is 5.05. The minimum atomic E-state index is -0.107. The molecule has 0 aromatic heterocycles. The first-order valence-corrected chi connectivity index (χ1v) is 7.28. The van der Waals surface area contributed by atoms with E-state index in [0.717, 1.165) is 11.3 Å². The molecule has 2 aromatic rings. The van der Waals surface area contributed by atoms with E-state index in [1.165, 1.54) is 5.56 Å². The molecule has 0 aliphatic carbocycles. The average molecular weight is 285 g/mol. The number of ether oxygens (including phenoxy) is 2. The summed E-state index contributed by atoms with van der Waals surface area (Å²) in [5.74, 6) is 0.856. The summed E-state index contributed by atoms with van der Waals surface area (Å²) in [7, 11) is 0. The van der Waals surface area contributed by atoms with Crippen molar-refractivity contribution in [3.8, 4) is 5.75 Å². The van der Waals surface area contributed by atoms with Crippen molar-refractivity contribution in [3.05, 3.63) is 65.7 Å². The Balaban J connectivity index is 1.86. The Morgan fingerprint density at radius 1 is 1.00 bits per heavy atom. The van der Waals surface area contributed by atoms with Gasteiger partial charge in [-0.3, -0.25) is 0 Å². The molecule has 0 bridgehead atoms. The molecule has 0 amide bonds. The average Bonchev–Trinajstić information content (AvgIpc) is 2.48. The fourth-order valence-electron chi connectivity index (χ4n) is 2.25. The van der Waals surface area contributed by atoms with Gasteiger partial charge in [0.2, 0.25) is 0 Å². The van der Waals surface area contributed by atoms with Gasteiger partial charge in [0.15, 0.2) is 0 Å². The molecule has 3 nitrogen and oxygen atoms in total. The Labute approximate surface area is 126 Å². The molecule has 3 heteroatoms. The number of hydrogen-bond donors (Lipinski definition) is 1. The van der Waals surface area contributed by atoms with Crippen LogP contribution in [0.15, 0.2) is 54.6 Å². The van der Waals surface area contributed by atoms with Crippen LogP contribution < -0.4 is 10.5 Å². The molecular weight excluding hydrogens is 262 g/mol. The molecule has 0 aliphatic heterocycles. The van der Waals surface area contributed by atoms with E-state index in [0.29, 0.717) is 13.2 Å². The summed E-state index contributed by atoms with van der Waals surface area (Å²) >= 11 is 0. The standard InChI is InChI=1S/C18H23NO2/c1-14-7-6-8-16(13-14)18(15(2)19)21-12-11-20-17-9-4-3-5-10-17/h3-10,13,15,18H,11-12,19H2,1-2H3. The minimum Gasteiger partial charge on any atom is -0.491 e. The Kier molecular flexibility index (Phi) is 5.78. The molecule has 0 fully saturated rings. The van der Waals surface area contributed by atoms with Gasteiger partial charge in [0, 0.05) is 6.04 Å². The molecule has 112 valence electrons. The van der Waals surface area contributed by atoms with E-state index < -0.39 is 0 Å². The van der Waals surface area contributed by atoms with Crippen molar-refractivity contribution in [3.63, 3.8) is 0 Å². The normalized spacial score (nSPS) is 13.7. The monoisotopic (exact) mass is 285 g/mol. The van der Waals surface area contributed by atoms with Crippen LogP contribution in [-0.4, -0.2) is 19.3 Å². The maximum Gasteiger partial charge on any atom is 0.119 e. The van der Waals surface area contributed by atoms with E-state index in [1.54, 1.807) is 0 Å². The molecule has 0 heterocycles. The largest absolute Gasteiger partial charge is 0.491 e. The van der Waals surface area contributed by atoms with Gasteiger partial charge in [-0.2, -0.15) is 0 Å². The first-order valence-electron chi connectivity index (χ1n) is 7.28. The Bertz CT molecular complexity index is 540. The van der Waals surface area contributed by atoms with Gasteiger partial charge in [-0.25, -0.2) is 0 Å². The summed E-state index contributed by atoms with van der Waals surface area (Å²) in [6, 6.07) is 17.9. The summed E-state index contributed by atoms with van der Waals surface area (Å²) in [5.41, 5.74) is 8.37. The fraction of sp³-hybridized carbons (Fsp3) is 0.333. The zero-order chi connectivity index (χ0) is 15.1. The van der Waals surface area contributed by atoms with Gasteiger partial charge < -0.3 is 15.2 Å². The maximum atomic E-state index is 6.05. The molecule has 2 rings (SSSR count).